The highest BCUT2D eigenvalue weighted by atomic mass is 35.5. The van der Waals surface area contributed by atoms with E-state index in [1.807, 2.05) is 0 Å². The molecule has 29 heavy (non-hydrogen) atoms. The van der Waals surface area contributed by atoms with Crippen LogP contribution in [0.4, 0.5) is 0 Å². The first-order chi connectivity index (χ1) is 13.8. The summed E-state index contributed by atoms with van der Waals surface area (Å²) >= 11 is 12.3. The van der Waals surface area contributed by atoms with E-state index < -0.39 is 10.0 Å². The average Bonchev–Trinajstić information content (AvgIpc) is 3.03. The lowest BCUT2D eigenvalue weighted by molar-refractivity contribution is 0.0947. The molecule has 0 bridgehead atoms. The molecule has 0 aliphatic heterocycles. The summed E-state index contributed by atoms with van der Waals surface area (Å²) in [7, 11) is -3.50. The summed E-state index contributed by atoms with van der Waals surface area (Å²) in [6.07, 6.45) is 0. The molecule has 0 aliphatic rings. The molecule has 1 aromatic heterocycles. The number of amides is 1. The average molecular weight is 454 g/mol. The van der Waals surface area contributed by atoms with Gasteiger partial charge in [-0.1, -0.05) is 49.2 Å². The van der Waals surface area contributed by atoms with Crippen LogP contribution in [0, 0.1) is 0 Å². The van der Waals surface area contributed by atoms with Gasteiger partial charge in [0.15, 0.2) is 0 Å². The Labute approximate surface area is 179 Å². The Balaban J connectivity index is 1.72. The number of fused-ring (bicyclic) bond motifs is 1. The van der Waals surface area contributed by atoms with E-state index in [0.29, 0.717) is 28.5 Å². The standard InChI is InChI=1S/C20H21Cl2N3O3S/c1-3-25(4-2)29(27,28)15-8-5-13(6-9-15)12-23-20(26)19-18(22)16-11-14(21)7-10-17(16)24-19/h5-11,24H,3-4,12H2,1-2H3,(H,23,26). The Kier molecular flexibility index (Phi) is 6.53. The van der Waals surface area contributed by atoms with Crippen LogP contribution in [0.1, 0.15) is 29.9 Å². The molecule has 3 rings (SSSR count). The van der Waals surface area contributed by atoms with Crippen LogP contribution >= 0.6 is 23.2 Å². The van der Waals surface area contributed by atoms with E-state index in [1.165, 1.54) is 4.31 Å². The first kappa shape index (κ1) is 21.6. The predicted molar refractivity (Wildman–Crippen MR) is 116 cm³/mol. The minimum atomic E-state index is -3.50. The maximum absolute atomic E-state index is 12.5. The van der Waals surface area contributed by atoms with Crippen molar-refractivity contribution in [1.82, 2.24) is 14.6 Å². The molecule has 6 nitrogen and oxygen atoms in total. The fourth-order valence-electron chi connectivity index (χ4n) is 3.05. The number of benzene rings is 2. The molecule has 0 atom stereocenters. The number of carbonyl (C=O) groups excluding carboxylic acids is 1. The van der Waals surface area contributed by atoms with Gasteiger partial charge in [0.2, 0.25) is 10.0 Å². The summed E-state index contributed by atoms with van der Waals surface area (Å²) in [5.41, 5.74) is 1.74. The Hall–Kier alpha value is -2.06. The lowest BCUT2D eigenvalue weighted by atomic mass is 10.2. The SMILES string of the molecule is CCN(CC)S(=O)(=O)c1ccc(CNC(=O)c2[nH]c3ccc(Cl)cc3c2Cl)cc1. The van der Waals surface area contributed by atoms with Gasteiger partial charge in [-0.3, -0.25) is 4.79 Å². The number of sulfonamides is 1. The summed E-state index contributed by atoms with van der Waals surface area (Å²) in [6, 6.07) is 11.6. The molecule has 2 N–H and O–H groups in total. The number of nitrogens with zero attached hydrogens (tertiary/aromatic N) is 1. The molecule has 3 aromatic rings. The van der Waals surface area contributed by atoms with Gasteiger partial charge in [0, 0.05) is 35.6 Å². The zero-order valence-corrected chi connectivity index (χ0v) is 18.3. The Morgan fingerprint density at radius 2 is 1.72 bits per heavy atom. The summed E-state index contributed by atoms with van der Waals surface area (Å²) in [5, 5.41) is 4.30. The number of aromatic nitrogens is 1. The van der Waals surface area contributed by atoms with Gasteiger partial charge in [0.25, 0.3) is 5.91 Å². The highest BCUT2D eigenvalue weighted by Gasteiger charge is 2.21. The minimum Gasteiger partial charge on any atom is -0.349 e. The monoisotopic (exact) mass is 453 g/mol. The van der Waals surface area contributed by atoms with Crippen molar-refractivity contribution in [3.05, 3.63) is 63.8 Å². The van der Waals surface area contributed by atoms with Gasteiger partial charge in [-0.15, -0.1) is 0 Å². The van der Waals surface area contributed by atoms with Gasteiger partial charge in [0.05, 0.1) is 9.92 Å². The third kappa shape index (κ3) is 4.43. The Morgan fingerprint density at radius 1 is 1.07 bits per heavy atom. The number of aromatic amines is 1. The second kappa shape index (κ2) is 8.75. The second-order valence-electron chi connectivity index (χ2n) is 6.42. The molecule has 0 radical (unpaired) electrons. The van der Waals surface area contributed by atoms with Crippen LogP contribution in [0.2, 0.25) is 10.0 Å². The molecule has 0 saturated heterocycles. The second-order valence-corrected chi connectivity index (χ2v) is 9.17. The third-order valence-corrected chi connectivity index (χ3v) is 7.34. The molecule has 0 fully saturated rings. The van der Waals surface area contributed by atoms with E-state index in [4.69, 9.17) is 23.2 Å². The van der Waals surface area contributed by atoms with E-state index in [9.17, 15) is 13.2 Å². The Bertz CT molecular complexity index is 1140. The molecule has 1 heterocycles. The van der Waals surface area contributed by atoms with E-state index in [2.05, 4.69) is 10.3 Å². The quantitative estimate of drug-likeness (QED) is 0.554. The van der Waals surface area contributed by atoms with Crippen molar-refractivity contribution < 1.29 is 13.2 Å². The minimum absolute atomic E-state index is 0.229. The van der Waals surface area contributed by atoms with Gasteiger partial charge >= 0.3 is 0 Å². The van der Waals surface area contributed by atoms with Gasteiger partial charge in [-0.2, -0.15) is 4.31 Å². The van der Waals surface area contributed by atoms with Crippen molar-refractivity contribution >= 4 is 50.0 Å². The van der Waals surface area contributed by atoms with Crippen molar-refractivity contribution in [2.24, 2.45) is 0 Å². The Morgan fingerprint density at radius 3 is 2.34 bits per heavy atom. The van der Waals surface area contributed by atoms with E-state index >= 15 is 0 Å². The smallest absolute Gasteiger partial charge is 0.269 e. The fraction of sp³-hybridized carbons (Fsp3) is 0.250. The molecule has 2 aromatic carbocycles. The van der Waals surface area contributed by atoms with Gasteiger partial charge in [0.1, 0.15) is 5.69 Å². The summed E-state index contributed by atoms with van der Waals surface area (Å²) in [6.45, 7) is 4.65. The molecular weight excluding hydrogens is 433 g/mol. The van der Waals surface area contributed by atoms with Crippen molar-refractivity contribution in [2.45, 2.75) is 25.3 Å². The number of rotatable bonds is 7. The van der Waals surface area contributed by atoms with Crippen molar-refractivity contribution in [2.75, 3.05) is 13.1 Å². The molecular formula is C20H21Cl2N3O3S. The first-order valence-corrected chi connectivity index (χ1v) is 11.3. The number of hydrogen-bond donors (Lipinski definition) is 2. The molecule has 0 saturated carbocycles. The van der Waals surface area contributed by atoms with Crippen LogP contribution < -0.4 is 5.32 Å². The van der Waals surface area contributed by atoms with E-state index in [1.54, 1.807) is 56.3 Å². The van der Waals surface area contributed by atoms with Crippen LogP contribution in [0.25, 0.3) is 10.9 Å². The molecule has 9 heteroatoms. The molecule has 0 spiro atoms. The number of carbonyl (C=O) groups is 1. The maximum atomic E-state index is 12.5. The van der Waals surface area contributed by atoms with Crippen LogP contribution in [-0.2, 0) is 16.6 Å². The summed E-state index contributed by atoms with van der Waals surface area (Å²) < 4.78 is 26.5. The largest absolute Gasteiger partial charge is 0.349 e. The highest BCUT2D eigenvalue weighted by molar-refractivity contribution is 7.89. The van der Waals surface area contributed by atoms with Crippen molar-refractivity contribution in [3.63, 3.8) is 0 Å². The van der Waals surface area contributed by atoms with Crippen molar-refractivity contribution in [3.8, 4) is 0 Å². The fourth-order valence-corrected chi connectivity index (χ4v) is 4.97. The predicted octanol–water partition coefficient (Wildman–Crippen LogP) is 4.44. The highest BCUT2D eigenvalue weighted by Crippen LogP contribution is 2.29. The molecule has 154 valence electrons. The van der Waals surface area contributed by atoms with Gasteiger partial charge in [-0.25, -0.2) is 8.42 Å². The number of hydrogen-bond acceptors (Lipinski definition) is 3. The topological polar surface area (TPSA) is 82.3 Å². The number of nitrogens with one attached hydrogen (secondary N) is 2. The molecule has 0 aliphatic carbocycles. The lowest BCUT2D eigenvalue weighted by Crippen LogP contribution is -2.30. The first-order valence-electron chi connectivity index (χ1n) is 9.12. The normalized spacial score (nSPS) is 11.9. The number of halogens is 2. The molecule has 1 amide bonds. The third-order valence-electron chi connectivity index (χ3n) is 4.64. The summed E-state index contributed by atoms with van der Waals surface area (Å²) in [4.78, 5) is 15.7. The van der Waals surface area contributed by atoms with Gasteiger partial charge < -0.3 is 10.3 Å². The van der Waals surface area contributed by atoms with E-state index in [0.717, 1.165) is 11.1 Å². The summed E-state index contributed by atoms with van der Waals surface area (Å²) in [5.74, 6) is -0.359. The van der Waals surface area contributed by atoms with Crippen LogP contribution in [-0.4, -0.2) is 36.7 Å². The lowest BCUT2D eigenvalue weighted by Gasteiger charge is -2.18. The number of H-pyrrole nitrogens is 1. The molecule has 0 unspecified atom stereocenters. The van der Waals surface area contributed by atoms with Gasteiger partial charge in [-0.05, 0) is 35.9 Å². The van der Waals surface area contributed by atoms with Crippen molar-refractivity contribution in [1.29, 1.82) is 0 Å². The van der Waals surface area contributed by atoms with Crippen LogP contribution in [0.3, 0.4) is 0 Å². The zero-order chi connectivity index (χ0) is 21.2. The maximum Gasteiger partial charge on any atom is 0.269 e. The van der Waals surface area contributed by atoms with Crippen LogP contribution in [0.15, 0.2) is 47.4 Å². The van der Waals surface area contributed by atoms with Crippen LogP contribution in [0.5, 0.6) is 0 Å². The zero-order valence-electron chi connectivity index (χ0n) is 16.0. The van der Waals surface area contributed by atoms with E-state index in [-0.39, 0.29) is 23.0 Å².